The van der Waals surface area contributed by atoms with E-state index in [1.807, 2.05) is 19.1 Å². The highest BCUT2D eigenvalue weighted by molar-refractivity contribution is 6.33. The van der Waals surface area contributed by atoms with Crippen molar-refractivity contribution in [2.45, 2.75) is 13.8 Å². The summed E-state index contributed by atoms with van der Waals surface area (Å²) >= 11 is 5.92. The Morgan fingerprint density at radius 1 is 1.27 bits per heavy atom. The number of rotatable bonds is 4. The molecule has 1 aromatic heterocycles. The smallest absolute Gasteiger partial charge is 0.291 e. The van der Waals surface area contributed by atoms with Crippen molar-refractivity contribution >= 4 is 39.9 Å². The third-order valence-corrected chi connectivity index (χ3v) is 4.31. The zero-order valence-corrected chi connectivity index (χ0v) is 15.0. The van der Waals surface area contributed by atoms with E-state index in [0.717, 1.165) is 17.0 Å². The summed E-state index contributed by atoms with van der Waals surface area (Å²) in [5.74, 6) is -0.222. The van der Waals surface area contributed by atoms with Crippen LogP contribution in [0.4, 0.5) is 11.4 Å². The molecule has 8 heteroatoms. The number of carbonyl (C=O) groups is 1. The molecule has 0 saturated carbocycles. The number of aryl methyl sites for hydroxylation is 2. The van der Waals surface area contributed by atoms with Crippen LogP contribution in [0.25, 0.3) is 11.0 Å². The SMILES string of the molecule is COc1cc([N+](=O)[O-])c(Cl)cc1NC(=O)c1oc2ccc(C)cc2c1C. The second-order valence-electron chi connectivity index (χ2n) is 5.77. The van der Waals surface area contributed by atoms with Gasteiger partial charge in [0.25, 0.3) is 11.6 Å². The van der Waals surface area contributed by atoms with Crippen molar-refractivity contribution in [1.29, 1.82) is 0 Å². The van der Waals surface area contributed by atoms with Gasteiger partial charge in [0.1, 0.15) is 16.4 Å². The maximum atomic E-state index is 12.7. The lowest BCUT2D eigenvalue weighted by Crippen LogP contribution is -2.13. The number of furan rings is 1. The molecule has 0 radical (unpaired) electrons. The van der Waals surface area contributed by atoms with Crippen LogP contribution in [0.1, 0.15) is 21.7 Å². The molecule has 1 N–H and O–H groups in total. The zero-order valence-electron chi connectivity index (χ0n) is 14.3. The Labute approximate surface area is 153 Å². The Morgan fingerprint density at radius 2 is 2.00 bits per heavy atom. The molecule has 7 nitrogen and oxygen atoms in total. The number of benzene rings is 2. The highest BCUT2D eigenvalue weighted by Gasteiger charge is 2.22. The lowest BCUT2D eigenvalue weighted by molar-refractivity contribution is -0.384. The summed E-state index contributed by atoms with van der Waals surface area (Å²) in [6.07, 6.45) is 0. The molecule has 0 aliphatic rings. The van der Waals surface area contributed by atoms with Gasteiger partial charge in [-0.3, -0.25) is 14.9 Å². The molecule has 0 fully saturated rings. The van der Waals surface area contributed by atoms with Gasteiger partial charge in [0.15, 0.2) is 5.76 Å². The highest BCUT2D eigenvalue weighted by atomic mass is 35.5. The molecule has 26 heavy (non-hydrogen) atoms. The third-order valence-electron chi connectivity index (χ3n) is 4.01. The van der Waals surface area contributed by atoms with E-state index in [1.54, 1.807) is 13.0 Å². The quantitative estimate of drug-likeness (QED) is 0.519. The van der Waals surface area contributed by atoms with Crippen LogP contribution in [0.15, 0.2) is 34.7 Å². The molecule has 0 bridgehead atoms. The predicted octanol–water partition coefficient (Wildman–Crippen LogP) is 4.87. The molecule has 3 aromatic rings. The summed E-state index contributed by atoms with van der Waals surface area (Å²) in [5.41, 5.74) is 2.26. The van der Waals surface area contributed by atoms with Gasteiger partial charge in [-0.1, -0.05) is 23.2 Å². The van der Waals surface area contributed by atoms with Gasteiger partial charge in [0, 0.05) is 10.9 Å². The van der Waals surface area contributed by atoms with Gasteiger partial charge >= 0.3 is 0 Å². The molecule has 0 saturated heterocycles. The van der Waals surface area contributed by atoms with Gasteiger partial charge in [-0.05, 0) is 32.0 Å². The van der Waals surface area contributed by atoms with E-state index in [4.69, 9.17) is 20.8 Å². The number of methoxy groups -OCH3 is 1. The number of halogens is 1. The van der Waals surface area contributed by atoms with E-state index < -0.39 is 10.8 Å². The molecular weight excluding hydrogens is 360 g/mol. The first-order valence-corrected chi connectivity index (χ1v) is 8.02. The number of fused-ring (bicyclic) bond motifs is 1. The second-order valence-corrected chi connectivity index (χ2v) is 6.18. The fourth-order valence-corrected chi connectivity index (χ4v) is 2.91. The number of amides is 1. The van der Waals surface area contributed by atoms with E-state index in [1.165, 1.54) is 13.2 Å². The molecule has 2 aromatic carbocycles. The van der Waals surface area contributed by atoms with Crippen LogP contribution in [0, 0.1) is 24.0 Å². The van der Waals surface area contributed by atoms with Crippen molar-refractivity contribution in [3.05, 3.63) is 62.4 Å². The molecule has 1 amide bonds. The molecule has 0 aliphatic carbocycles. The van der Waals surface area contributed by atoms with Gasteiger partial charge in [-0.25, -0.2) is 0 Å². The molecule has 0 unspecified atom stereocenters. The van der Waals surface area contributed by atoms with Crippen LogP contribution >= 0.6 is 11.6 Å². The van der Waals surface area contributed by atoms with E-state index in [-0.39, 0.29) is 27.9 Å². The summed E-state index contributed by atoms with van der Waals surface area (Å²) in [5, 5.41) is 14.4. The van der Waals surface area contributed by atoms with Crippen LogP contribution in [-0.2, 0) is 0 Å². The number of anilines is 1. The van der Waals surface area contributed by atoms with Crippen LogP contribution < -0.4 is 10.1 Å². The minimum atomic E-state index is -0.623. The average molecular weight is 375 g/mol. The summed E-state index contributed by atoms with van der Waals surface area (Å²) in [7, 11) is 1.35. The Morgan fingerprint density at radius 3 is 2.65 bits per heavy atom. The van der Waals surface area contributed by atoms with Gasteiger partial charge in [-0.15, -0.1) is 0 Å². The van der Waals surface area contributed by atoms with Gasteiger partial charge in [0.05, 0.1) is 23.8 Å². The minimum Gasteiger partial charge on any atom is -0.494 e. The van der Waals surface area contributed by atoms with Crippen LogP contribution in [0.2, 0.25) is 5.02 Å². The molecule has 0 spiro atoms. The number of nitro benzene ring substituents is 1. The largest absolute Gasteiger partial charge is 0.494 e. The summed E-state index contributed by atoms with van der Waals surface area (Å²) < 4.78 is 10.8. The number of hydrogen-bond acceptors (Lipinski definition) is 5. The van der Waals surface area contributed by atoms with Crippen molar-refractivity contribution in [3.8, 4) is 5.75 Å². The summed E-state index contributed by atoms with van der Waals surface area (Å²) in [6.45, 7) is 3.75. The van der Waals surface area contributed by atoms with Gasteiger partial charge in [0.2, 0.25) is 0 Å². The lowest BCUT2D eigenvalue weighted by Gasteiger charge is -2.10. The molecule has 134 valence electrons. The third kappa shape index (κ3) is 3.09. The summed E-state index contributed by atoms with van der Waals surface area (Å²) in [6, 6.07) is 8.07. The highest BCUT2D eigenvalue weighted by Crippen LogP contribution is 2.36. The fraction of sp³-hybridized carbons (Fsp3) is 0.167. The Bertz CT molecular complexity index is 1040. The van der Waals surface area contributed by atoms with Crippen molar-refractivity contribution in [1.82, 2.24) is 0 Å². The van der Waals surface area contributed by atoms with Gasteiger partial charge in [-0.2, -0.15) is 0 Å². The molecule has 3 rings (SSSR count). The maximum Gasteiger partial charge on any atom is 0.291 e. The van der Waals surface area contributed by atoms with Crippen molar-refractivity contribution in [2.75, 3.05) is 12.4 Å². The fourth-order valence-electron chi connectivity index (χ4n) is 2.68. The van der Waals surface area contributed by atoms with Crippen molar-refractivity contribution in [2.24, 2.45) is 0 Å². The Balaban J connectivity index is 1.99. The second kappa shape index (κ2) is 6.68. The number of ether oxygens (including phenoxy) is 1. The van der Waals surface area contributed by atoms with E-state index in [2.05, 4.69) is 5.32 Å². The maximum absolute atomic E-state index is 12.7. The zero-order chi connectivity index (χ0) is 19.0. The first-order chi connectivity index (χ1) is 12.3. The topological polar surface area (TPSA) is 94.6 Å². The van der Waals surface area contributed by atoms with E-state index in [9.17, 15) is 14.9 Å². The molecular formula is C18H15ClN2O5. The molecule has 1 heterocycles. The Hall–Kier alpha value is -3.06. The first-order valence-electron chi connectivity index (χ1n) is 7.65. The predicted molar refractivity (Wildman–Crippen MR) is 98.3 cm³/mol. The van der Waals surface area contributed by atoms with Gasteiger partial charge < -0.3 is 14.5 Å². The standard InChI is InChI=1S/C18H15ClN2O5/c1-9-4-5-15-11(6-9)10(2)17(26-15)18(22)20-13-7-12(19)14(21(23)24)8-16(13)25-3/h4-8H,1-3H3,(H,20,22). The van der Waals surface area contributed by atoms with Crippen LogP contribution in [-0.4, -0.2) is 17.9 Å². The number of nitrogens with one attached hydrogen (secondary N) is 1. The number of nitro groups is 1. The summed E-state index contributed by atoms with van der Waals surface area (Å²) in [4.78, 5) is 23.0. The molecule has 0 atom stereocenters. The number of carbonyl (C=O) groups excluding carboxylic acids is 1. The van der Waals surface area contributed by atoms with Crippen molar-refractivity contribution < 1.29 is 18.9 Å². The Kier molecular flexibility index (Phi) is 4.56. The number of nitrogens with zero attached hydrogens (tertiary/aromatic N) is 1. The van der Waals surface area contributed by atoms with Crippen LogP contribution in [0.3, 0.4) is 0 Å². The van der Waals surface area contributed by atoms with E-state index >= 15 is 0 Å². The van der Waals surface area contributed by atoms with Crippen molar-refractivity contribution in [3.63, 3.8) is 0 Å². The average Bonchev–Trinajstić information content (AvgIpc) is 2.91. The lowest BCUT2D eigenvalue weighted by atomic mass is 10.1. The van der Waals surface area contributed by atoms with E-state index in [0.29, 0.717) is 11.1 Å². The normalized spacial score (nSPS) is 10.8. The number of hydrogen-bond donors (Lipinski definition) is 1. The van der Waals surface area contributed by atoms with Crippen LogP contribution in [0.5, 0.6) is 5.75 Å². The first kappa shape index (κ1) is 17.8. The monoisotopic (exact) mass is 374 g/mol. The molecule has 0 aliphatic heterocycles. The minimum absolute atomic E-state index is 0.108.